The average Bonchev–Trinajstić information content (AvgIpc) is 2.35. The number of rotatable bonds is 3. The zero-order valence-corrected chi connectivity index (χ0v) is 12.8. The number of halogens is 6. The molecule has 2 aromatic rings. The minimum absolute atomic E-state index is 0.0330. The van der Waals surface area contributed by atoms with Crippen LogP contribution in [0.4, 0.5) is 23.2 Å². The van der Waals surface area contributed by atoms with Crippen LogP contribution in [0.2, 0.25) is 5.02 Å². The molecule has 2 aromatic carbocycles. The van der Waals surface area contributed by atoms with Crippen LogP contribution in [0.25, 0.3) is 0 Å². The second-order valence-corrected chi connectivity index (χ2v) is 5.61. The molecule has 7 heteroatoms. The van der Waals surface area contributed by atoms with E-state index >= 15 is 0 Å². The molecule has 0 fully saturated rings. The van der Waals surface area contributed by atoms with E-state index in [1.165, 1.54) is 18.2 Å². The third-order valence-electron chi connectivity index (χ3n) is 2.69. The van der Waals surface area contributed by atoms with Gasteiger partial charge in [0.05, 0.1) is 5.56 Å². The SMILES string of the molecule is Fc1cc(Cl)cc(CNc2ccc(Br)c(C(F)(F)F)c2)c1. The van der Waals surface area contributed by atoms with Gasteiger partial charge in [0, 0.05) is 21.7 Å². The van der Waals surface area contributed by atoms with E-state index in [0.717, 1.165) is 12.1 Å². The molecule has 0 spiro atoms. The van der Waals surface area contributed by atoms with Gasteiger partial charge < -0.3 is 5.32 Å². The van der Waals surface area contributed by atoms with Gasteiger partial charge in [-0.2, -0.15) is 13.2 Å². The van der Waals surface area contributed by atoms with Crippen molar-refractivity contribution in [2.45, 2.75) is 12.7 Å². The fourth-order valence-corrected chi connectivity index (χ4v) is 2.49. The quantitative estimate of drug-likeness (QED) is 0.654. The van der Waals surface area contributed by atoms with Crippen LogP contribution in [-0.4, -0.2) is 0 Å². The molecule has 0 saturated carbocycles. The van der Waals surface area contributed by atoms with Crippen LogP contribution in [0.15, 0.2) is 40.9 Å². The fourth-order valence-electron chi connectivity index (χ4n) is 1.77. The lowest BCUT2D eigenvalue weighted by atomic mass is 10.1. The molecule has 112 valence electrons. The van der Waals surface area contributed by atoms with Crippen molar-refractivity contribution in [3.8, 4) is 0 Å². The Bertz CT molecular complexity index is 638. The van der Waals surface area contributed by atoms with E-state index in [9.17, 15) is 17.6 Å². The molecule has 0 bridgehead atoms. The predicted molar refractivity (Wildman–Crippen MR) is 77.9 cm³/mol. The van der Waals surface area contributed by atoms with Crippen molar-refractivity contribution in [1.29, 1.82) is 0 Å². The van der Waals surface area contributed by atoms with Gasteiger partial charge in [-0.25, -0.2) is 4.39 Å². The van der Waals surface area contributed by atoms with Gasteiger partial charge in [0.25, 0.3) is 0 Å². The normalized spacial score (nSPS) is 11.5. The second kappa shape index (κ2) is 6.23. The van der Waals surface area contributed by atoms with Crippen molar-refractivity contribution in [3.63, 3.8) is 0 Å². The number of hydrogen-bond donors (Lipinski definition) is 1. The van der Waals surface area contributed by atoms with E-state index in [2.05, 4.69) is 21.2 Å². The Kier molecular flexibility index (Phi) is 4.78. The monoisotopic (exact) mass is 381 g/mol. The van der Waals surface area contributed by atoms with Crippen molar-refractivity contribution in [2.75, 3.05) is 5.32 Å². The van der Waals surface area contributed by atoms with Crippen molar-refractivity contribution < 1.29 is 17.6 Å². The zero-order valence-electron chi connectivity index (χ0n) is 10.4. The summed E-state index contributed by atoms with van der Waals surface area (Å²) in [5.41, 5.74) is 0.0483. The maximum atomic E-state index is 13.2. The molecule has 0 heterocycles. The highest BCUT2D eigenvalue weighted by Crippen LogP contribution is 2.36. The summed E-state index contributed by atoms with van der Waals surface area (Å²) in [6.07, 6.45) is -4.45. The topological polar surface area (TPSA) is 12.0 Å². The Hall–Kier alpha value is -1.27. The van der Waals surface area contributed by atoms with Gasteiger partial charge in [-0.05, 0) is 42.0 Å². The first kappa shape index (κ1) is 16.1. The molecule has 1 nitrogen and oxygen atoms in total. The van der Waals surface area contributed by atoms with Gasteiger partial charge in [-0.3, -0.25) is 0 Å². The highest BCUT2D eigenvalue weighted by Gasteiger charge is 2.33. The summed E-state index contributed by atoms with van der Waals surface area (Å²) < 4.78 is 51.4. The van der Waals surface area contributed by atoms with Crippen LogP contribution in [0.5, 0.6) is 0 Å². The Labute approximate surface area is 132 Å². The molecular formula is C14H9BrClF4N. The fraction of sp³-hybridized carbons (Fsp3) is 0.143. The molecule has 0 unspecified atom stereocenters. The summed E-state index contributed by atoms with van der Waals surface area (Å²) >= 11 is 8.58. The molecule has 21 heavy (non-hydrogen) atoms. The number of hydrogen-bond acceptors (Lipinski definition) is 1. The van der Waals surface area contributed by atoms with Gasteiger partial charge in [0.1, 0.15) is 5.82 Å². The third-order valence-corrected chi connectivity index (χ3v) is 3.60. The summed E-state index contributed by atoms with van der Waals surface area (Å²) in [6, 6.07) is 7.77. The molecule has 0 aliphatic rings. The van der Waals surface area contributed by atoms with Crippen LogP contribution in [0, 0.1) is 5.82 Å². The molecule has 0 aromatic heterocycles. The van der Waals surface area contributed by atoms with E-state index in [-0.39, 0.29) is 21.7 Å². The number of alkyl halides is 3. The van der Waals surface area contributed by atoms with Crippen LogP contribution >= 0.6 is 27.5 Å². The van der Waals surface area contributed by atoms with Gasteiger partial charge >= 0.3 is 6.18 Å². The smallest absolute Gasteiger partial charge is 0.381 e. The van der Waals surface area contributed by atoms with Crippen molar-refractivity contribution >= 4 is 33.2 Å². The number of nitrogens with one attached hydrogen (secondary N) is 1. The highest BCUT2D eigenvalue weighted by atomic mass is 79.9. The standard InChI is InChI=1S/C14H9BrClF4N/c15-13-2-1-11(6-12(13)14(18,19)20)21-7-8-3-9(16)5-10(17)4-8/h1-6,21H,7H2. The third kappa shape index (κ3) is 4.35. The largest absolute Gasteiger partial charge is 0.417 e. The Morgan fingerprint density at radius 1 is 1.10 bits per heavy atom. The maximum Gasteiger partial charge on any atom is 0.417 e. The maximum absolute atomic E-state index is 13.2. The first-order valence-corrected chi connectivity index (χ1v) is 6.98. The van der Waals surface area contributed by atoms with Crippen LogP contribution in [-0.2, 0) is 12.7 Å². The van der Waals surface area contributed by atoms with E-state index in [0.29, 0.717) is 5.56 Å². The average molecular weight is 383 g/mol. The lowest BCUT2D eigenvalue weighted by Crippen LogP contribution is -2.07. The first-order valence-electron chi connectivity index (χ1n) is 5.81. The lowest BCUT2D eigenvalue weighted by molar-refractivity contribution is -0.138. The van der Waals surface area contributed by atoms with Crippen LogP contribution in [0.1, 0.15) is 11.1 Å². The second-order valence-electron chi connectivity index (χ2n) is 4.32. The van der Waals surface area contributed by atoms with Crippen LogP contribution < -0.4 is 5.32 Å². The van der Waals surface area contributed by atoms with E-state index in [4.69, 9.17) is 11.6 Å². The molecule has 0 saturated heterocycles. The molecule has 2 rings (SSSR count). The lowest BCUT2D eigenvalue weighted by Gasteiger charge is -2.12. The summed E-state index contributed by atoms with van der Waals surface area (Å²) in [6.45, 7) is 0.163. The molecule has 1 N–H and O–H groups in total. The van der Waals surface area contributed by atoms with Crippen LogP contribution in [0.3, 0.4) is 0 Å². The Balaban J connectivity index is 2.17. The van der Waals surface area contributed by atoms with Crippen molar-refractivity contribution in [2.24, 2.45) is 0 Å². The molecule has 0 aliphatic heterocycles. The highest BCUT2D eigenvalue weighted by molar-refractivity contribution is 9.10. The minimum Gasteiger partial charge on any atom is -0.381 e. The van der Waals surface area contributed by atoms with Gasteiger partial charge in [0.2, 0.25) is 0 Å². The summed E-state index contributed by atoms with van der Waals surface area (Å²) in [4.78, 5) is 0. The molecule has 0 aliphatic carbocycles. The molecule has 0 amide bonds. The molecule has 0 radical (unpaired) electrons. The van der Waals surface area contributed by atoms with Gasteiger partial charge in [0.15, 0.2) is 0 Å². The molecular weight excluding hydrogens is 374 g/mol. The van der Waals surface area contributed by atoms with E-state index < -0.39 is 17.6 Å². The van der Waals surface area contributed by atoms with Crippen molar-refractivity contribution in [1.82, 2.24) is 0 Å². The molecule has 0 atom stereocenters. The predicted octanol–water partition coefficient (Wildman–Crippen LogP) is 5.87. The van der Waals surface area contributed by atoms with E-state index in [1.54, 1.807) is 6.07 Å². The Morgan fingerprint density at radius 2 is 1.81 bits per heavy atom. The van der Waals surface area contributed by atoms with Crippen molar-refractivity contribution in [3.05, 3.63) is 62.8 Å². The van der Waals surface area contributed by atoms with Gasteiger partial charge in [-0.1, -0.05) is 27.5 Å². The first-order chi connectivity index (χ1) is 9.75. The Morgan fingerprint density at radius 3 is 2.43 bits per heavy atom. The van der Waals surface area contributed by atoms with Gasteiger partial charge in [-0.15, -0.1) is 0 Å². The van der Waals surface area contributed by atoms with E-state index in [1.807, 2.05) is 0 Å². The zero-order chi connectivity index (χ0) is 15.6. The number of anilines is 1. The number of benzene rings is 2. The summed E-state index contributed by atoms with van der Waals surface area (Å²) in [5.74, 6) is -0.494. The summed E-state index contributed by atoms with van der Waals surface area (Å²) in [7, 11) is 0. The minimum atomic E-state index is -4.45. The summed E-state index contributed by atoms with van der Waals surface area (Å²) in [5, 5.41) is 3.04.